The minimum Gasteiger partial charge on any atom is -0.327 e. The number of hydrogen-bond acceptors (Lipinski definition) is 2. The summed E-state index contributed by atoms with van der Waals surface area (Å²) in [6.45, 7) is 2.12. The molecular formula is C15H17F2NS. The van der Waals surface area contributed by atoms with Gasteiger partial charge in [-0.1, -0.05) is 6.92 Å². The molecule has 0 spiro atoms. The van der Waals surface area contributed by atoms with Crippen LogP contribution in [0.4, 0.5) is 8.78 Å². The van der Waals surface area contributed by atoms with Gasteiger partial charge in [-0.2, -0.15) is 0 Å². The van der Waals surface area contributed by atoms with Crippen LogP contribution in [0.1, 0.15) is 22.2 Å². The van der Waals surface area contributed by atoms with E-state index in [1.165, 1.54) is 21.9 Å². The number of hydrogen-bond donors (Lipinski definition) is 1. The van der Waals surface area contributed by atoms with Gasteiger partial charge < -0.3 is 5.73 Å². The van der Waals surface area contributed by atoms with Crippen LogP contribution in [0.2, 0.25) is 0 Å². The SMILES string of the molecule is CCc1ccc(CC(N)Cc2cc(F)cc(F)c2)s1. The zero-order valence-corrected chi connectivity index (χ0v) is 11.6. The number of aryl methyl sites for hydroxylation is 1. The monoisotopic (exact) mass is 281 g/mol. The average molecular weight is 281 g/mol. The lowest BCUT2D eigenvalue weighted by Crippen LogP contribution is -2.25. The van der Waals surface area contributed by atoms with E-state index < -0.39 is 11.6 Å². The van der Waals surface area contributed by atoms with Crippen LogP contribution in [0, 0.1) is 11.6 Å². The van der Waals surface area contributed by atoms with Crippen LogP contribution in [0.15, 0.2) is 30.3 Å². The second-order valence-electron chi connectivity index (χ2n) is 4.67. The molecule has 0 aliphatic rings. The van der Waals surface area contributed by atoms with Crippen molar-refractivity contribution in [2.45, 2.75) is 32.2 Å². The molecule has 102 valence electrons. The molecular weight excluding hydrogens is 264 g/mol. The van der Waals surface area contributed by atoms with Gasteiger partial charge in [0.25, 0.3) is 0 Å². The quantitative estimate of drug-likeness (QED) is 0.888. The fourth-order valence-corrected chi connectivity index (χ4v) is 3.13. The van der Waals surface area contributed by atoms with Gasteiger partial charge in [-0.15, -0.1) is 11.3 Å². The van der Waals surface area contributed by atoms with Gasteiger partial charge in [-0.05, 0) is 49.1 Å². The van der Waals surface area contributed by atoms with Crippen molar-refractivity contribution < 1.29 is 8.78 Å². The summed E-state index contributed by atoms with van der Waals surface area (Å²) in [5.41, 5.74) is 6.66. The standard InChI is InChI=1S/C15H17F2NS/c1-2-14-3-4-15(19-14)9-13(18)7-10-5-11(16)8-12(17)6-10/h3-6,8,13H,2,7,9,18H2,1H3. The third-order valence-electron chi connectivity index (χ3n) is 2.95. The molecule has 0 aliphatic heterocycles. The molecule has 2 rings (SSSR count). The maximum Gasteiger partial charge on any atom is 0.126 e. The van der Waals surface area contributed by atoms with Gasteiger partial charge in [-0.25, -0.2) is 8.78 Å². The fraction of sp³-hybridized carbons (Fsp3) is 0.333. The third-order valence-corrected chi connectivity index (χ3v) is 4.20. The van der Waals surface area contributed by atoms with Crippen LogP contribution < -0.4 is 5.73 Å². The van der Waals surface area contributed by atoms with Gasteiger partial charge in [0.15, 0.2) is 0 Å². The molecule has 0 saturated heterocycles. The molecule has 4 heteroatoms. The number of rotatable bonds is 5. The van der Waals surface area contributed by atoms with Gasteiger partial charge in [0.1, 0.15) is 11.6 Å². The van der Waals surface area contributed by atoms with Crippen molar-refractivity contribution >= 4 is 11.3 Å². The topological polar surface area (TPSA) is 26.0 Å². The predicted molar refractivity (Wildman–Crippen MR) is 75.4 cm³/mol. The van der Waals surface area contributed by atoms with Crippen molar-refractivity contribution in [3.05, 3.63) is 57.3 Å². The van der Waals surface area contributed by atoms with E-state index in [2.05, 4.69) is 19.1 Å². The molecule has 1 aromatic carbocycles. The summed E-state index contributed by atoms with van der Waals surface area (Å²) in [5, 5.41) is 0. The van der Waals surface area contributed by atoms with Gasteiger partial charge in [-0.3, -0.25) is 0 Å². The molecule has 0 fully saturated rings. The Bertz CT molecular complexity index is 531. The Kier molecular flexibility index (Phi) is 4.66. The summed E-state index contributed by atoms with van der Waals surface area (Å²) in [5.74, 6) is -1.10. The number of halogens is 2. The highest BCUT2D eigenvalue weighted by molar-refractivity contribution is 7.11. The molecule has 1 nitrogen and oxygen atoms in total. The Labute approximate surface area is 116 Å². The lowest BCUT2D eigenvalue weighted by Gasteiger charge is -2.10. The van der Waals surface area contributed by atoms with E-state index in [0.717, 1.165) is 18.9 Å². The second kappa shape index (κ2) is 6.26. The zero-order chi connectivity index (χ0) is 13.8. The van der Waals surface area contributed by atoms with Gasteiger partial charge in [0, 0.05) is 21.9 Å². The molecule has 0 saturated carbocycles. The smallest absolute Gasteiger partial charge is 0.126 e. The van der Waals surface area contributed by atoms with Crippen LogP contribution in [0.3, 0.4) is 0 Å². The van der Waals surface area contributed by atoms with Crippen LogP contribution in [0.5, 0.6) is 0 Å². The Morgan fingerprint density at radius 3 is 2.26 bits per heavy atom. The first-order valence-electron chi connectivity index (χ1n) is 6.35. The maximum absolute atomic E-state index is 13.1. The molecule has 2 aromatic rings. The van der Waals surface area contributed by atoms with Gasteiger partial charge in [0.05, 0.1) is 0 Å². The van der Waals surface area contributed by atoms with Gasteiger partial charge in [0.2, 0.25) is 0 Å². The lowest BCUT2D eigenvalue weighted by atomic mass is 10.0. The number of thiophene rings is 1. The highest BCUT2D eigenvalue weighted by atomic mass is 32.1. The van der Waals surface area contributed by atoms with E-state index in [1.54, 1.807) is 11.3 Å². The summed E-state index contributed by atoms with van der Waals surface area (Å²) >= 11 is 1.75. The molecule has 0 aliphatic carbocycles. The van der Waals surface area contributed by atoms with Crippen LogP contribution >= 0.6 is 11.3 Å². The van der Waals surface area contributed by atoms with Crippen molar-refractivity contribution in [1.82, 2.24) is 0 Å². The summed E-state index contributed by atoms with van der Waals surface area (Å²) < 4.78 is 26.2. The Morgan fingerprint density at radius 1 is 1.05 bits per heavy atom. The van der Waals surface area contributed by atoms with Crippen LogP contribution in [-0.2, 0) is 19.3 Å². The molecule has 0 radical (unpaired) electrons. The Hall–Kier alpha value is -1.26. The fourth-order valence-electron chi connectivity index (χ4n) is 2.08. The van der Waals surface area contributed by atoms with E-state index in [0.29, 0.717) is 12.0 Å². The third kappa shape index (κ3) is 4.11. The first-order chi connectivity index (χ1) is 9.06. The molecule has 1 unspecified atom stereocenters. The molecule has 0 bridgehead atoms. The highest BCUT2D eigenvalue weighted by Gasteiger charge is 2.09. The number of benzene rings is 1. The molecule has 19 heavy (non-hydrogen) atoms. The zero-order valence-electron chi connectivity index (χ0n) is 10.8. The molecule has 1 heterocycles. The minimum absolute atomic E-state index is 0.121. The van der Waals surface area contributed by atoms with Crippen molar-refractivity contribution in [2.75, 3.05) is 0 Å². The highest BCUT2D eigenvalue weighted by Crippen LogP contribution is 2.19. The van der Waals surface area contributed by atoms with E-state index in [1.807, 2.05) is 0 Å². The lowest BCUT2D eigenvalue weighted by molar-refractivity contribution is 0.575. The molecule has 1 atom stereocenters. The second-order valence-corrected chi connectivity index (χ2v) is 5.92. The van der Waals surface area contributed by atoms with Gasteiger partial charge >= 0.3 is 0 Å². The van der Waals surface area contributed by atoms with Crippen LogP contribution in [0.25, 0.3) is 0 Å². The summed E-state index contributed by atoms with van der Waals surface area (Å²) in [7, 11) is 0. The van der Waals surface area contributed by atoms with E-state index in [9.17, 15) is 8.78 Å². The first-order valence-corrected chi connectivity index (χ1v) is 7.16. The normalized spacial score (nSPS) is 12.6. The molecule has 2 N–H and O–H groups in total. The average Bonchev–Trinajstić information content (AvgIpc) is 2.74. The molecule has 0 amide bonds. The summed E-state index contributed by atoms with van der Waals surface area (Å²) in [4.78, 5) is 2.56. The number of nitrogens with two attached hydrogens (primary N) is 1. The van der Waals surface area contributed by atoms with Crippen molar-refractivity contribution in [1.29, 1.82) is 0 Å². The minimum atomic E-state index is -0.549. The largest absolute Gasteiger partial charge is 0.327 e. The Balaban J connectivity index is 1.98. The van der Waals surface area contributed by atoms with E-state index in [-0.39, 0.29) is 6.04 Å². The van der Waals surface area contributed by atoms with Crippen LogP contribution in [-0.4, -0.2) is 6.04 Å². The first kappa shape index (κ1) is 14.2. The van der Waals surface area contributed by atoms with E-state index in [4.69, 9.17) is 5.73 Å². The molecule has 1 aromatic heterocycles. The summed E-state index contributed by atoms with van der Waals surface area (Å²) in [6, 6.07) is 7.62. The van der Waals surface area contributed by atoms with Crippen molar-refractivity contribution in [2.24, 2.45) is 5.73 Å². The Morgan fingerprint density at radius 2 is 1.68 bits per heavy atom. The van der Waals surface area contributed by atoms with Crippen molar-refractivity contribution in [3.63, 3.8) is 0 Å². The predicted octanol–water partition coefficient (Wildman–Crippen LogP) is 3.70. The maximum atomic E-state index is 13.1. The summed E-state index contributed by atoms with van der Waals surface area (Å²) in [6.07, 6.45) is 2.24. The van der Waals surface area contributed by atoms with Crippen molar-refractivity contribution in [3.8, 4) is 0 Å². The van der Waals surface area contributed by atoms with E-state index >= 15 is 0 Å².